The van der Waals surface area contributed by atoms with Crippen molar-refractivity contribution in [3.63, 3.8) is 0 Å². The molecule has 0 aliphatic rings. The summed E-state index contributed by atoms with van der Waals surface area (Å²) in [6, 6.07) is 0. The van der Waals surface area contributed by atoms with Crippen LogP contribution < -0.4 is 5.73 Å². The number of carbonyl (C=O) groups excluding carboxylic acids is 1. The molecule has 0 atom stereocenters. The summed E-state index contributed by atoms with van der Waals surface area (Å²) < 4.78 is -0.0926. The third-order valence-electron chi connectivity index (χ3n) is 0.167. The van der Waals surface area contributed by atoms with Crippen molar-refractivity contribution in [2.75, 3.05) is 6.54 Å². The SMILES string of the molecule is NCC(=O)[Se]. The maximum atomic E-state index is 9.63. The van der Waals surface area contributed by atoms with Gasteiger partial charge >= 0.3 is 37.8 Å². The van der Waals surface area contributed by atoms with Crippen LogP contribution in [0.4, 0.5) is 0 Å². The van der Waals surface area contributed by atoms with E-state index in [-0.39, 0.29) is 11.2 Å². The van der Waals surface area contributed by atoms with E-state index in [2.05, 4.69) is 16.0 Å². The first-order valence-electron chi connectivity index (χ1n) is 1.17. The van der Waals surface area contributed by atoms with Crippen molar-refractivity contribution in [3.05, 3.63) is 0 Å². The number of hydrogen-bond donors (Lipinski definition) is 1. The van der Waals surface area contributed by atoms with Gasteiger partial charge in [0.15, 0.2) is 0 Å². The molecule has 2 nitrogen and oxygen atoms in total. The van der Waals surface area contributed by atoms with Gasteiger partial charge in [-0.15, -0.1) is 0 Å². The third-order valence-corrected chi connectivity index (χ3v) is 0.516. The first-order valence-corrected chi connectivity index (χ1v) is 2.03. The third kappa shape index (κ3) is 4.15. The molecule has 0 heterocycles. The molecule has 0 aromatic carbocycles. The molecule has 2 N–H and O–H groups in total. The van der Waals surface area contributed by atoms with Crippen molar-refractivity contribution >= 4 is 20.7 Å². The molecule has 0 bridgehead atoms. The standard InChI is InChI=1S/C2H4NOSe/c3-1-2(4)5/h1,3H2. The Kier molecular flexibility index (Phi) is 2.46. The molecule has 29 valence electrons. The first-order chi connectivity index (χ1) is 2.27. The number of nitrogens with two attached hydrogens (primary N) is 1. The Morgan fingerprint density at radius 1 is 2.00 bits per heavy atom. The summed E-state index contributed by atoms with van der Waals surface area (Å²) >= 11 is 2.23. The first kappa shape index (κ1) is 5.15. The van der Waals surface area contributed by atoms with Gasteiger partial charge in [-0.3, -0.25) is 0 Å². The zero-order valence-electron chi connectivity index (χ0n) is 2.60. The molecule has 0 amide bonds. The van der Waals surface area contributed by atoms with Crippen molar-refractivity contribution < 1.29 is 4.79 Å². The van der Waals surface area contributed by atoms with Gasteiger partial charge in [-0.25, -0.2) is 0 Å². The average Bonchev–Trinajstić information content (AvgIpc) is 1.38. The molecule has 0 aliphatic heterocycles. The Balaban J connectivity index is 2.85. The van der Waals surface area contributed by atoms with Crippen LogP contribution in [0.5, 0.6) is 0 Å². The quantitative estimate of drug-likeness (QED) is 0.453. The summed E-state index contributed by atoms with van der Waals surface area (Å²) in [7, 11) is 0. The van der Waals surface area contributed by atoms with Gasteiger partial charge in [0, 0.05) is 0 Å². The van der Waals surface area contributed by atoms with Crippen LogP contribution in [0, 0.1) is 0 Å². The Morgan fingerprint density at radius 2 is 2.20 bits per heavy atom. The molecule has 3 heteroatoms. The summed E-state index contributed by atoms with van der Waals surface area (Å²) in [5.74, 6) is 0. The van der Waals surface area contributed by atoms with Crippen LogP contribution >= 0.6 is 0 Å². The van der Waals surface area contributed by atoms with Crippen LogP contribution in [0.3, 0.4) is 0 Å². The normalized spacial score (nSPS) is 7.40. The Morgan fingerprint density at radius 3 is 2.20 bits per heavy atom. The van der Waals surface area contributed by atoms with Crippen LogP contribution in [-0.4, -0.2) is 27.2 Å². The van der Waals surface area contributed by atoms with E-state index in [0.717, 1.165) is 0 Å². The molecule has 0 fully saturated rings. The van der Waals surface area contributed by atoms with Crippen molar-refractivity contribution in [2.24, 2.45) is 5.73 Å². The molecule has 0 rings (SSSR count). The predicted molar refractivity (Wildman–Crippen MR) is 19.8 cm³/mol. The van der Waals surface area contributed by atoms with Crippen LogP contribution in [0.2, 0.25) is 0 Å². The molecule has 0 aromatic heterocycles. The monoisotopic (exact) mass is 138 g/mol. The van der Waals surface area contributed by atoms with E-state index in [9.17, 15) is 4.79 Å². The van der Waals surface area contributed by atoms with Gasteiger partial charge in [0.05, 0.1) is 0 Å². The topological polar surface area (TPSA) is 43.1 Å². The number of hydrogen-bond acceptors (Lipinski definition) is 2. The van der Waals surface area contributed by atoms with Crippen LogP contribution in [0.25, 0.3) is 0 Å². The second-order valence-corrected chi connectivity index (χ2v) is 1.53. The van der Waals surface area contributed by atoms with E-state index >= 15 is 0 Å². The van der Waals surface area contributed by atoms with E-state index < -0.39 is 0 Å². The van der Waals surface area contributed by atoms with Gasteiger partial charge in [0.2, 0.25) is 0 Å². The minimum atomic E-state index is -0.0926. The molecule has 1 radical (unpaired) electrons. The van der Waals surface area contributed by atoms with E-state index in [1.807, 2.05) is 0 Å². The van der Waals surface area contributed by atoms with Gasteiger partial charge in [-0.1, -0.05) is 0 Å². The zero-order chi connectivity index (χ0) is 4.28. The van der Waals surface area contributed by atoms with E-state index in [1.54, 1.807) is 0 Å². The Hall–Kier alpha value is 0.149. The maximum absolute atomic E-state index is 9.63. The predicted octanol–water partition coefficient (Wildman–Crippen LogP) is -1.36. The minimum absolute atomic E-state index is 0.0926. The van der Waals surface area contributed by atoms with Crippen molar-refractivity contribution in [1.29, 1.82) is 0 Å². The fraction of sp³-hybridized carbons (Fsp3) is 0.500. The van der Waals surface area contributed by atoms with E-state index in [0.29, 0.717) is 0 Å². The molecule has 0 saturated heterocycles. The summed E-state index contributed by atoms with van der Waals surface area (Å²) in [5, 5.41) is 0. The van der Waals surface area contributed by atoms with E-state index in [4.69, 9.17) is 5.73 Å². The van der Waals surface area contributed by atoms with Gasteiger partial charge in [-0.05, 0) is 0 Å². The fourth-order valence-corrected chi connectivity index (χ4v) is 0. The molecule has 0 spiro atoms. The molecular weight excluding hydrogens is 133 g/mol. The second-order valence-electron chi connectivity index (χ2n) is 0.576. The van der Waals surface area contributed by atoms with E-state index in [1.165, 1.54) is 0 Å². The van der Waals surface area contributed by atoms with Crippen molar-refractivity contribution in [2.45, 2.75) is 0 Å². The van der Waals surface area contributed by atoms with Crippen LogP contribution in [0.15, 0.2) is 0 Å². The van der Waals surface area contributed by atoms with Crippen LogP contribution in [-0.2, 0) is 4.79 Å². The average molecular weight is 137 g/mol. The number of carbonyl (C=O) groups is 1. The summed E-state index contributed by atoms with van der Waals surface area (Å²) in [4.78, 5) is 9.63. The molecule has 5 heavy (non-hydrogen) atoms. The Labute approximate surface area is 38.5 Å². The van der Waals surface area contributed by atoms with Crippen molar-refractivity contribution in [3.8, 4) is 0 Å². The fourth-order valence-electron chi connectivity index (χ4n) is 0. The zero-order valence-corrected chi connectivity index (χ0v) is 4.31. The summed E-state index contributed by atoms with van der Waals surface area (Å²) in [6.07, 6.45) is 0. The van der Waals surface area contributed by atoms with Gasteiger partial charge in [-0.2, -0.15) is 0 Å². The van der Waals surface area contributed by atoms with Gasteiger partial charge in [0.25, 0.3) is 0 Å². The van der Waals surface area contributed by atoms with Crippen molar-refractivity contribution in [1.82, 2.24) is 0 Å². The van der Waals surface area contributed by atoms with Crippen LogP contribution in [0.1, 0.15) is 0 Å². The Bertz CT molecular complexity index is 44.9. The molecule has 0 aromatic rings. The summed E-state index contributed by atoms with van der Waals surface area (Å²) in [5.41, 5.74) is 4.79. The molecular formula is C2H4NOSe. The second kappa shape index (κ2) is 2.39. The van der Waals surface area contributed by atoms with Gasteiger partial charge < -0.3 is 0 Å². The van der Waals surface area contributed by atoms with Gasteiger partial charge in [0.1, 0.15) is 0 Å². The molecule has 0 unspecified atom stereocenters. The molecule has 0 aliphatic carbocycles. The summed E-state index contributed by atoms with van der Waals surface area (Å²) in [6.45, 7) is 0.111. The number of rotatable bonds is 1. The molecule has 0 saturated carbocycles.